The van der Waals surface area contributed by atoms with Gasteiger partial charge in [-0.05, 0) is 37.1 Å². The second kappa shape index (κ2) is 9.61. The number of carbonyl (C=O) groups excluding carboxylic acids is 2. The van der Waals surface area contributed by atoms with Crippen molar-refractivity contribution in [2.24, 2.45) is 11.8 Å². The first-order valence-electron chi connectivity index (χ1n) is 12.4. The molecule has 3 aromatic rings. The average molecular weight is 515 g/mol. The van der Waals surface area contributed by atoms with E-state index in [4.69, 9.17) is 9.47 Å². The van der Waals surface area contributed by atoms with Gasteiger partial charge in [-0.3, -0.25) is 19.7 Å². The summed E-state index contributed by atoms with van der Waals surface area (Å²) >= 11 is 0. The van der Waals surface area contributed by atoms with Crippen LogP contribution in [0.4, 0.5) is 5.69 Å². The fourth-order valence-corrected chi connectivity index (χ4v) is 6.11. The molecule has 0 bridgehead atoms. The van der Waals surface area contributed by atoms with Crippen molar-refractivity contribution in [1.82, 2.24) is 5.32 Å². The molecule has 8 nitrogen and oxygen atoms in total. The van der Waals surface area contributed by atoms with Crippen molar-refractivity contribution >= 4 is 23.5 Å². The van der Waals surface area contributed by atoms with Crippen molar-refractivity contribution in [3.8, 4) is 11.5 Å². The van der Waals surface area contributed by atoms with Gasteiger partial charge in [-0.25, -0.2) is 4.90 Å². The van der Waals surface area contributed by atoms with Gasteiger partial charge in [0.05, 0.1) is 31.7 Å². The Hall–Kier alpha value is -4.17. The minimum absolute atomic E-state index is 0.0267. The van der Waals surface area contributed by atoms with E-state index in [0.717, 1.165) is 11.1 Å². The Labute approximate surface area is 221 Å². The van der Waals surface area contributed by atoms with Crippen LogP contribution in [0.1, 0.15) is 28.3 Å². The highest BCUT2D eigenvalue weighted by atomic mass is 16.5. The van der Waals surface area contributed by atoms with E-state index in [1.807, 2.05) is 56.3 Å². The monoisotopic (exact) mass is 514 g/mol. The van der Waals surface area contributed by atoms with Crippen molar-refractivity contribution in [1.29, 1.82) is 0 Å². The van der Waals surface area contributed by atoms with E-state index in [9.17, 15) is 19.5 Å². The van der Waals surface area contributed by atoms with Gasteiger partial charge < -0.3 is 14.6 Å². The number of carboxylic acids is 1. The largest absolute Gasteiger partial charge is 0.496 e. The third-order valence-corrected chi connectivity index (χ3v) is 7.86. The molecule has 0 spiro atoms. The normalized spacial score (nSPS) is 24.4. The van der Waals surface area contributed by atoms with Crippen molar-refractivity contribution in [3.05, 3.63) is 89.0 Å². The molecule has 4 unspecified atom stereocenters. The predicted octanol–water partition coefficient (Wildman–Crippen LogP) is 3.84. The van der Waals surface area contributed by atoms with Gasteiger partial charge in [0.25, 0.3) is 0 Å². The topological polar surface area (TPSA) is 105 Å². The molecule has 8 heteroatoms. The lowest BCUT2D eigenvalue weighted by molar-refractivity contribution is -0.148. The predicted molar refractivity (Wildman–Crippen MR) is 141 cm³/mol. The molecule has 2 saturated heterocycles. The van der Waals surface area contributed by atoms with E-state index in [2.05, 4.69) is 5.32 Å². The Morgan fingerprint density at radius 1 is 0.947 bits per heavy atom. The van der Waals surface area contributed by atoms with Gasteiger partial charge in [-0.1, -0.05) is 54.6 Å². The fraction of sp³-hybridized carbons (Fsp3) is 0.300. The van der Waals surface area contributed by atoms with E-state index < -0.39 is 41.2 Å². The highest BCUT2D eigenvalue weighted by Gasteiger charge is 2.69. The molecule has 5 rings (SSSR count). The Balaban J connectivity index is 1.72. The van der Waals surface area contributed by atoms with E-state index in [-0.39, 0.29) is 6.42 Å². The zero-order chi connectivity index (χ0) is 27.2. The molecule has 0 aromatic heterocycles. The first-order chi connectivity index (χ1) is 18.2. The molecule has 2 aliphatic heterocycles. The standard InChI is InChI=1S/C30H30N2O6/c1-17-10-8-9-13-21(17)32-27(33)23-24(28(32)34)30(29(35)36,16-19-11-6-5-7-12-19)31-25(23)20-14-15-22(37-3)18(2)26(20)38-4/h5-15,23-25,31H,16H2,1-4H3,(H,35,36). The summed E-state index contributed by atoms with van der Waals surface area (Å²) < 4.78 is 11.2. The molecule has 2 heterocycles. The number of para-hydroxylation sites is 1. The number of anilines is 1. The number of amides is 2. The van der Waals surface area contributed by atoms with Gasteiger partial charge in [-0.2, -0.15) is 0 Å². The van der Waals surface area contributed by atoms with E-state index in [1.165, 1.54) is 12.0 Å². The molecule has 2 N–H and O–H groups in total. The zero-order valence-corrected chi connectivity index (χ0v) is 21.7. The Morgan fingerprint density at radius 3 is 2.26 bits per heavy atom. The molecule has 196 valence electrons. The lowest BCUT2D eigenvalue weighted by Gasteiger charge is -2.32. The Bertz CT molecular complexity index is 1420. The van der Waals surface area contributed by atoms with Crippen LogP contribution in [0, 0.1) is 25.7 Å². The average Bonchev–Trinajstić information content (AvgIpc) is 3.38. The van der Waals surface area contributed by atoms with Crippen LogP contribution < -0.4 is 19.7 Å². The summed E-state index contributed by atoms with van der Waals surface area (Å²) in [5.74, 6) is -3.14. The van der Waals surface area contributed by atoms with Crippen LogP contribution in [0.2, 0.25) is 0 Å². The summed E-state index contributed by atoms with van der Waals surface area (Å²) in [5.41, 5.74) is 1.56. The maximum Gasteiger partial charge on any atom is 0.325 e. The third kappa shape index (κ3) is 3.75. The lowest BCUT2D eigenvalue weighted by Crippen LogP contribution is -2.57. The van der Waals surface area contributed by atoms with E-state index >= 15 is 0 Å². The molecular formula is C30H30N2O6. The summed E-state index contributed by atoms with van der Waals surface area (Å²) in [6.07, 6.45) is 0.0267. The molecule has 0 aliphatic carbocycles. The molecule has 38 heavy (non-hydrogen) atoms. The maximum absolute atomic E-state index is 14.1. The summed E-state index contributed by atoms with van der Waals surface area (Å²) in [4.78, 5) is 42.5. The van der Waals surface area contributed by atoms with Crippen molar-refractivity contribution < 1.29 is 29.0 Å². The lowest BCUT2D eigenvalue weighted by atomic mass is 9.76. The van der Waals surface area contributed by atoms with Gasteiger partial charge in [0.15, 0.2) is 0 Å². The molecule has 2 fully saturated rings. The first-order valence-corrected chi connectivity index (χ1v) is 12.4. The number of methoxy groups -OCH3 is 2. The van der Waals surface area contributed by atoms with Gasteiger partial charge in [-0.15, -0.1) is 0 Å². The fourth-order valence-electron chi connectivity index (χ4n) is 6.11. The number of aliphatic carboxylic acids is 1. The van der Waals surface area contributed by atoms with Crippen LogP contribution in [0.3, 0.4) is 0 Å². The Morgan fingerprint density at radius 2 is 1.63 bits per heavy atom. The first kappa shape index (κ1) is 25.5. The number of hydrogen-bond acceptors (Lipinski definition) is 6. The van der Waals surface area contributed by atoms with Crippen molar-refractivity contribution in [2.75, 3.05) is 19.1 Å². The minimum atomic E-state index is -1.72. The summed E-state index contributed by atoms with van der Waals surface area (Å²) in [6.45, 7) is 3.66. The number of nitrogens with one attached hydrogen (secondary N) is 1. The van der Waals surface area contributed by atoms with Crippen LogP contribution in [-0.2, 0) is 20.8 Å². The van der Waals surface area contributed by atoms with Gasteiger partial charge in [0.2, 0.25) is 11.8 Å². The van der Waals surface area contributed by atoms with E-state index in [1.54, 1.807) is 31.4 Å². The number of fused-ring (bicyclic) bond motifs is 1. The molecule has 0 radical (unpaired) electrons. The number of aryl methyl sites for hydroxylation is 1. The summed E-state index contributed by atoms with van der Waals surface area (Å²) in [7, 11) is 3.08. The number of hydrogen-bond donors (Lipinski definition) is 2. The van der Waals surface area contributed by atoms with Gasteiger partial charge in [0.1, 0.15) is 17.0 Å². The molecule has 2 aliphatic rings. The smallest absolute Gasteiger partial charge is 0.325 e. The van der Waals surface area contributed by atoms with E-state index in [0.29, 0.717) is 28.3 Å². The Kier molecular flexibility index (Phi) is 6.44. The number of nitrogens with zero attached hydrogens (tertiary/aromatic N) is 1. The quantitative estimate of drug-likeness (QED) is 0.462. The number of carboxylic acid groups (broad SMARTS) is 1. The highest BCUT2D eigenvalue weighted by Crippen LogP contribution is 2.53. The molecule has 4 atom stereocenters. The van der Waals surface area contributed by atoms with Gasteiger partial charge >= 0.3 is 5.97 Å². The van der Waals surface area contributed by atoms with Crippen molar-refractivity contribution in [3.63, 3.8) is 0 Å². The van der Waals surface area contributed by atoms with Crippen LogP contribution in [0.15, 0.2) is 66.7 Å². The number of benzene rings is 3. The highest BCUT2D eigenvalue weighted by molar-refractivity contribution is 6.24. The number of carbonyl (C=O) groups is 3. The number of ether oxygens (including phenoxy) is 2. The van der Waals surface area contributed by atoms with Crippen LogP contribution in [0.5, 0.6) is 11.5 Å². The van der Waals surface area contributed by atoms with Crippen LogP contribution >= 0.6 is 0 Å². The molecule has 3 aromatic carbocycles. The molecular weight excluding hydrogens is 484 g/mol. The molecule has 2 amide bonds. The minimum Gasteiger partial charge on any atom is -0.496 e. The summed E-state index contributed by atoms with van der Waals surface area (Å²) in [5, 5.41) is 14.0. The summed E-state index contributed by atoms with van der Waals surface area (Å²) in [6, 6.07) is 19.0. The third-order valence-electron chi connectivity index (χ3n) is 7.86. The second-order valence-electron chi connectivity index (χ2n) is 9.88. The molecule has 0 saturated carbocycles. The SMILES string of the molecule is COc1ccc(C2NC(Cc3ccccc3)(C(=O)O)C3C(=O)N(c4ccccc4C)C(=O)C23)c(OC)c1C. The number of rotatable bonds is 7. The van der Waals surface area contributed by atoms with Crippen molar-refractivity contribution in [2.45, 2.75) is 31.8 Å². The van der Waals surface area contributed by atoms with Crippen LogP contribution in [0.25, 0.3) is 0 Å². The van der Waals surface area contributed by atoms with Crippen LogP contribution in [-0.4, -0.2) is 42.6 Å². The zero-order valence-electron chi connectivity index (χ0n) is 21.7. The van der Waals surface area contributed by atoms with Gasteiger partial charge in [0, 0.05) is 23.6 Å². The maximum atomic E-state index is 14.1. The number of imide groups is 1. The second-order valence-corrected chi connectivity index (χ2v) is 9.88.